The molecule has 0 spiro atoms. The number of aliphatic carboxylic acids is 1. The zero-order valence-electron chi connectivity index (χ0n) is 14.5. The molecular weight excluding hydrogens is 338 g/mol. The molecule has 0 aliphatic rings. The monoisotopic (exact) mass is 357 g/mol. The molecule has 0 aliphatic heterocycles. The van der Waals surface area contributed by atoms with Crippen LogP contribution in [0.5, 0.6) is 0 Å². The third kappa shape index (κ3) is 3.28. The first kappa shape index (κ1) is 17.2. The average molecular weight is 357 g/mol. The van der Waals surface area contributed by atoms with Crippen LogP contribution in [0.25, 0.3) is 10.2 Å². The minimum absolute atomic E-state index is 0.396. The van der Waals surface area contributed by atoms with Crippen molar-refractivity contribution in [1.29, 1.82) is 0 Å². The zero-order chi connectivity index (χ0) is 18.3. The number of rotatable bonds is 4. The number of carbonyl (C=O) groups is 2. The van der Waals surface area contributed by atoms with Crippen LogP contribution in [0.1, 0.15) is 38.1 Å². The molecule has 25 heavy (non-hydrogen) atoms. The number of carboxylic acid groups (broad SMARTS) is 1. The molecule has 3 rings (SSSR count). The van der Waals surface area contributed by atoms with Gasteiger partial charge in [0, 0.05) is 12.4 Å². The van der Waals surface area contributed by atoms with Crippen molar-refractivity contribution >= 4 is 33.4 Å². The van der Waals surface area contributed by atoms with Crippen LogP contribution < -0.4 is 5.32 Å². The van der Waals surface area contributed by atoms with Crippen molar-refractivity contribution in [2.24, 2.45) is 7.05 Å². The Hall–Kier alpha value is -2.67. The fourth-order valence-electron chi connectivity index (χ4n) is 2.98. The summed E-state index contributed by atoms with van der Waals surface area (Å²) in [4.78, 5) is 25.7. The van der Waals surface area contributed by atoms with Gasteiger partial charge in [0.2, 0.25) is 0 Å². The number of hydrogen-bond donors (Lipinski definition) is 2. The second-order valence-electron chi connectivity index (χ2n) is 6.20. The molecule has 0 saturated carbocycles. The van der Waals surface area contributed by atoms with Crippen molar-refractivity contribution in [2.45, 2.75) is 26.8 Å². The van der Waals surface area contributed by atoms with E-state index in [0.29, 0.717) is 10.4 Å². The summed E-state index contributed by atoms with van der Waals surface area (Å²) in [6.45, 7) is 5.68. The highest BCUT2D eigenvalue weighted by Crippen LogP contribution is 2.28. The van der Waals surface area contributed by atoms with E-state index in [2.05, 4.69) is 10.4 Å². The molecule has 0 fully saturated rings. The van der Waals surface area contributed by atoms with Gasteiger partial charge in [0.25, 0.3) is 5.91 Å². The second kappa shape index (κ2) is 6.33. The largest absolute Gasteiger partial charge is 0.479 e. The first-order chi connectivity index (χ1) is 11.8. The van der Waals surface area contributed by atoms with Crippen molar-refractivity contribution in [3.8, 4) is 0 Å². The predicted octanol–water partition coefficient (Wildman–Crippen LogP) is 3.12. The van der Waals surface area contributed by atoms with Gasteiger partial charge >= 0.3 is 5.97 Å². The molecule has 2 heterocycles. The number of aryl methyl sites for hydroxylation is 4. The normalized spacial score (nSPS) is 12.3. The Morgan fingerprint density at radius 1 is 1.16 bits per heavy atom. The Labute approximate surface area is 149 Å². The van der Waals surface area contributed by atoms with Crippen molar-refractivity contribution < 1.29 is 14.7 Å². The van der Waals surface area contributed by atoms with Crippen LogP contribution in [-0.4, -0.2) is 26.8 Å². The molecule has 0 bridgehead atoms. The van der Waals surface area contributed by atoms with Crippen LogP contribution >= 0.6 is 11.3 Å². The molecule has 2 N–H and O–H groups in total. The van der Waals surface area contributed by atoms with Crippen LogP contribution in [0.4, 0.5) is 0 Å². The highest BCUT2D eigenvalue weighted by molar-refractivity contribution is 7.20. The molecule has 6 nitrogen and oxygen atoms in total. The Kier molecular flexibility index (Phi) is 4.34. The SMILES string of the molecule is Cc1cc(C)cc(C(NC(=O)c2cc3c(C)nn(C)c3s2)C(=O)O)c1. The van der Waals surface area contributed by atoms with Crippen LogP contribution in [0, 0.1) is 20.8 Å². The van der Waals surface area contributed by atoms with E-state index in [1.54, 1.807) is 22.9 Å². The summed E-state index contributed by atoms with van der Waals surface area (Å²) in [7, 11) is 1.82. The maximum atomic E-state index is 12.6. The van der Waals surface area contributed by atoms with E-state index in [4.69, 9.17) is 0 Å². The Bertz CT molecular complexity index is 932. The summed E-state index contributed by atoms with van der Waals surface area (Å²) in [5.74, 6) is -1.48. The van der Waals surface area contributed by atoms with Crippen molar-refractivity contribution in [2.75, 3.05) is 0 Å². The van der Waals surface area contributed by atoms with E-state index in [0.717, 1.165) is 27.0 Å². The lowest BCUT2D eigenvalue weighted by Gasteiger charge is -2.15. The molecule has 130 valence electrons. The first-order valence-electron chi connectivity index (χ1n) is 7.81. The number of amides is 1. The number of thiophene rings is 1. The molecule has 3 aromatic rings. The number of nitrogens with zero attached hydrogens (tertiary/aromatic N) is 2. The average Bonchev–Trinajstić information content (AvgIpc) is 3.05. The second-order valence-corrected chi connectivity index (χ2v) is 7.23. The van der Waals surface area contributed by atoms with Gasteiger partial charge < -0.3 is 10.4 Å². The fraction of sp³-hybridized carbons (Fsp3) is 0.278. The number of benzene rings is 1. The molecule has 7 heteroatoms. The summed E-state index contributed by atoms with van der Waals surface area (Å²) in [6, 6.07) is 6.20. The van der Waals surface area contributed by atoms with Gasteiger partial charge in [-0.2, -0.15) is 5.10 Å². The maximum absolute atomic E-state index is 12.6. The summed E-state index contributed by atoms with van der Waals surface area (Å²) < 4.78 is 1.73. The number of carbonyl (C=O) groups excluding carboxylic acids is 1. The van der Waals surface area contributed by atoms with Gasteiger partial charge in [-0.25, -0.2) is 4.79 Å². The van der Waals surface area contributed by atoms with Gasteiger partial charge in [0.05, 0.1) is 10.6 Å². The summed E-state index contributed by atoms with van der Waals surface area (Å²) in [5.41, 5.74) is 3.33. The molecule has 2 aromatic heterocycles. The van der Waals surface area contributed by atoms with Gasteiger partial charge in [0.15, 0.2) is 6.04 Å². The van der Waals surface area contributed by atoms with Crippen molar-refractivity contribution in [3.63, 3.8) is 0 Å². The maximum Gasteiger partial charge on any atom is 0.330 e. The lowest BCUT2D eigenvalue weighted by atomic mass is 10.0. The Morgan fingerprint density at radius 3 is 2.36 bits per heavy atom. The quantitative estimate of drug-likeness (QED) is 0.751. The third-order valence-electron chi connectivity index (χ3n) is 4.02. The summed E-state index contributed by atoms with van der Waals surface area (Å²) >= 11 is 1.30. The molecule has 0 radical (unpaired) electrons. The summed E-state index contributed by atoms with van der Waals surface area (Å²) in [5, 5.41) is 17.4. The fourth-order valence-corrected chi connectivity index (χ4v) is 4.01. The number of aromatic nitrogens is 2. The molecule has 1 atom stereocenters. The van der Waals surface area contributed by atoms with E-state index >= 15 is 0 Å². The van der Waals surface area contributed by atoms with E-state index in [9.17, 15) is 14.7 Å². The molecule has 0 saturated heterocycles. The highest BCUT2D eigenvalue weighted by atomic mass is 32.1. The molecule has 1 amide bonds. The third-order valence-corrected chi connectivity index (χ3v) is 5.22. The van der Waals surface area contributed by atoms with Gasteiger partial charge in [-0.05, 0) is 32.4 Å². The zero-order valence-corrected chi connectivity index (χ0v) is 15.3. The number of carboxylic acids is 1. The van der Waals surface area contributed by atoms with E-state index in [-0.39, 0.29) is 0 Å². The lowest BCUT2D eigenvalue weighted by molar-refractivity contribution is -0.139. The van der Waals surface area contributed by atoms with Gasteiger partial charge in [-0.3, -0.25) is 9.48 Å². The number of fused-ring (bicyclic) bond motifs is 1. The minimum Gasteiger partial charge on any atom is -0.479 e. The molecule has 1 aromatic carbocycles. The van der Waals surface area contributed by atoms with Crippen molar-refractivity contribution in [1.82, 2.24) is 15.1 Å². The molecule has 0 aliphatic carbocycles. The van der Waals surface area contributed by atoms with E-state index < -0.39 is 17.9 Å². The van der Waals surface area contributed by atoms with Crippen LogP contribution in [0.2, 0.25) is 0 Å². The van der Waals surface area contributed by atoms with Crippen molar-refractivity contribution in [3.05, 3.63) is 51.5 Å². The van der Waals surface area contributed by atoms with Crippen LogP contribution in [0.3, 0.4) is 0 Å². The Morgan fingerprint density at radius 2 is 1.80 bits per heavy atom. The number of hydrogen-bond acceptors (Lipinski definition) is 4. The molecular formula is C18H19N3O3S. The molecule has 1 unspecified atom stereocenters. The lowest BCUT2D eigenvalue weighted by Crippen LogP contribution is -2.33. The summed E-state index contributed by atoms with van der Waals surface area (Å²) in [6.07, 6.45) is 0. The number of nitrogens with one attached hydrogen (secondary N) is 1. The van der Waals surface area contributed by atoms with E-state index in [1.807, 2.05) is 33.9 Å². The highest BCUT2D eigenvalue weighted by Gasteiger charge is 2.24. The first-order valence-corrected chi connectivity index (χ1v) is 8.63. The predicted molar refractivity (Wildman–Crippen MR) is 97.1 cm³/mol. The topological polar surface area (TPSA) is 84.2 Å². The van der Waals surface area contributed by atoms with Gasteiger partial charge in [-0.1, -0.05) is 29.3 Å². The Balaban J connectivity index is 1.92. The standard InChI is InChI=1S/C18H19N3O3S/c1-9-5-10(2)7-12(6-9)15(18(23)24)19-16(22)14-8-13-11(3)20-21(4)17(13)25-14/h5-8,15H,1-4H3,(H,19,22)(H,23,24). The van der Waals surface area contributed by atoms with Crippen LogP contribution in [-0.2, 0) is 11.8 Å². The minimum atomic E-state index is -1.09. The van der Waals surface area contributed by atoms with Crippen LogP contribution in [0.15, 0.2) is 24.3 Å². The van der Waals surface area contributed by atoms with E-state index in [1.165, 1.54) is 11.3 Å². The van der Waals surface area contributed by atoms with Gasteiger partial charge in [-0.15, -0.1) is 11.3 Å². The smallest absolute Gasteiger partial charge is 0.330 e. The van der Waals surface area contributed by atoms with Gasteiger partial charge in [0.1, 0.15) is 4.83 Å².